The topological polar surface area (TPSA) is 76.2 Å². The molecule has 1 aliphatic carbocycles. The van der Waals surface area contributed by atoms with Crippen molar-refractivity contribution in [1.29, 1.82) is 0 Å². The van der Waals surface area contributed by atoms with Gasteiger partial charge in [-0.1, -0.05) is 5.92 Å². The highest BCUT2D eigenvalue weighted by atomic mass is 16.5. The van der Waals surface area contributed by atoms with Crippen LogP contribution in [0.4, 0.5) is 5.82 Å². The van der Waals surface area contributed by atoms with Crippen LogP contribution in [0.1, 0.15) is 25.3 Å². The lowest BCUT2D eigenvalue weighted by Gasteiger charge is -2.34. The zero-order valence-electron chi connectivity index (χ0n) is 16.2. The van der Waals surface area contributed by atoms with Gasteiger partial charge in [-0.3, -0.25) is 9.94 Å². The van der Waals surface area contributed by atoms with Gasteiger partial charge in [0.2, 0.25) is 0 Å². The van der Waals surface area contributed by atoms with Gasteiger partial charge in [0.05, 0.1) is 37.0 Å². The predicted octanol–water partition coefficient (Wildman–Crippen LogP) is 2.42. The maximum Gasteiger partial charge on any atom is 0.286 e. The predicted molar refractivity (Wildman–Crippen MR) is 109 cm³/mol. The molecule has 2 aliphatic rings. The molecule has 2 fully saturated rings. The summed E-state index contributed by atoms with van der Waals surface area (Å²) in [5, 5.41) is 12.4. The second-order valence-corrected chi connectivity index (χ2v) is 7.56. The second kappa shape index (κ2) is 7.23. The van der Waals surface area contributed by atoms with Crippen molar-refractivity contribution in [3.05, 3.63) is 41.5 Å². The van der Waals surface area contributed by atoms with Gasteiger partial charge in [-0.2, -0.15) is 14.9 Å². The normalized spacial score (nSPS) is 20.1. The molecule has 8 nitrogen and oxygen atoms in total. The standard InChI is InChI=1S/C21H21N7O/c1-14-13-29-10-9-27(14)20-11-16(5-6-18(22-2)15-3-4-15)17-12-24-28(21(17)25-20)19-7-8-23-26-19/h7-8,11-12,14-15,18H,3-4,9-10,13H2,1H3,(H,23,26)/t14-,18?/m1/s1. The fraction of sp³-hybridized carbons (Fsp3) is 0.429. The lowest BCUT2D eigenvalue weighted by Crippen LogP contribution is -2.44. The number of hydrogen-bond acceptors (Lipinski definition) is 5. The van der Waals surface area contributed by atoms with Crippen molar-refractivity contribution in [2.45, 2.75) is 31.8 Å². The largest absolute Gasteiger partial charge is 0.377 e. The average molecular weight is 387 g/mol. The maximum atomic E-state index is 7.45. The van der Waals surface area contributed by atoms with E-state index >= 15 is 0 Å². The summed E-state index contributed by atoms with van der Waals surface area (Å²) >= 11 is 0. The van der Waals surface area contributed by atoms with Gasteiger partial charge in [-0.25, -0.2) is 11.6 Å². The summed E-state index contributed by atoms with van der Waals surface area (Å²) in [7, 11) is 0. The van der Waals surface area contributed by atoms with E-state index in [1.807, 2.05) is 12.1 Å². The number of nitrogens with zero attached hydrogens (tertiary/aromatic N) is 6. The van der Waals surface area contributed by atoms with E-state index in [1.165, 1.54) is 0 Å². The van der Waals surface area contributed by atoms with Crippen LogP contribution in [0, 0.1) is 24.3 Å². The smallest absolute Gasteiger partial charge is 0.286 e. The molecule has 0 spiro atoms. The van der Waals surface area contributed by atoms with E-state index in [9.17, 15) is 0 Å². The Bertz CT molecular complexity index is 1130. The van der Waals surface area contributed by atoms with E-state index < -0.39 is 0 Å². The molecule has 1 aliphatic heterocycles. The molecule has 0 amide bonds. The summed E-state index contributed by atoms with van der Waals surface area (Å²) in [5.41, 5.74) is 1.57. The van der Waals surface area contributed by atoms with Gasteiger partial charge >= 0.3 is 0 Å². The number of anilines is 1. The Morgan fingerprint density at radius 1 is 1.41 bits per heavy atom. The molecule has 4 heterocycles. The van der Waals surface area contributed by atoms with Gasteiger partial charge in [0.1, 0.15) is 5.82 Å². The molecule has 1 unspecified atom stereocenters. The van der Waals surface area contributed by atoms with E-state index in [0.717, 1.165) is 47.6 Å². The highest BCUT2D eigenvalue weighted by Gasteiger charge is 2.34. The van der Waals surface area contributed by atoms with Crippen LogP contribution in [-0.4, -0.2) is 56.8 Å². The fourth-order valence-corrected chi connectivity index (χ4v) is 3.67. The summed E-state index contributed by atoms with van der Waals surface area (Å²) in [6, 6.07) is 3.86. The number of rotatable bonds is 3. The zero-order chi connectivity index (χ0) is 19.8. The lowest BCUT2D eigenvalue weighted by molar-refractivity contribution is 0.0985. The molecule has 146 valence electrons. The number of morpholine rings is 1. The number of hydrogen-bond donors (Lipinski definition) is 1. The third-order valence-corrected chi connectivity index (χ3v) is 5.47. The summed E-state index contributed by atoms with van der Waals surface area (Å²) in [5.74, 6) is 8.48. The molecule has 29 heavy (non-hydrogen) atoms. The Labute approximate surface area is 168 Å². The number of fused-ring (bicyclic) bond motifs is 1. The number of aromatic amines is 1. The van der Waals surface area contributed by atoms with Crippen LogP contribution in [-0.2, 0) is 4.74 Å². The van der Waals surface area contributed by atoms with E-state index in [4.69, 9.17) is 16.3 Å². The van der Waals surface area contributed by atoms with Crippen LogP contribution < -0.4 is 4.90 Å². The Balaban J connectivity index is 1.64. The van der Waals surface area contributed by atoms with Gasteiger partial charge in [0, 0.05) is 24.1 Å². The summed E-state index contributed by atoms with van der Waals surface area (Å²) in [6.07, 6.45) is 5.67. The van der Waals surface area contributed by atoms with E-state index in [1.54, 1.807) is 17.1 Å². The van der Waals surface area contributed by atoms with E-state index in [2.05, 4.69) is 43.8 Å². The van der Waals surface area contributed by atoms with Gasteiger partial charge < -0.3 is 9.64 Å². The van der Waals surface area contributed by atoms with Gasteiger partial charge in [-0.05, 0) is 31.8 Å². The van der Waals surface area contributed by atoms with Crippen molar-refractivity contribution in [1.82, 2.24) is 25.0 Å². The van der Waals surface area contributed by atoms with Crippen molar-refractivity contribution in [3.63, 3.8) is 0 Å². The summed E-state index contributed by atoms with van der Waals surface area (Å²) in [4.78, 5) is 10.9. The molecule has 0 bridgehead atoms. The zero-order valence-corrected chi connectivity index (χ0v) is 16.2. The van der Waals surface area contributed by atoms with Crippen molar-refractivity contribution >= 4 is 16.9 Å². The molecule has 8 heteroatoms. The SMILES string of the molecule is [C-]#[N+]C(C#Cc1cc(N2CCOC[C@H]2C)nc2c1cnn2-c1ccn[nH]1)C1CC1. The first-order valence-corrected chi connectivity index (χ1v) is 9.85. The van der Waals surface area contributed by atoms with Crippen LogP contribution >= 0.6 is 0 Å². The first kappa shape index (κ1) is 17.7. The summed E-state index contributed by atoms with van der Waals surface area (Å²) in [6.45, 7) is 11.7. The van der Waals surface area contributed by atoms with Crippen LogP contribution in [0.15, 0.2) is 24.5 Å². The third kappa shape index (κ3) is 3.32. The Morgan fingerprint density at radius 3 is 3.03 bits per heavy atom. The first-order valence-electron chi connectivity index (χ1n) is 9.85. The van der Waals surface area contributed by atoms with Crippen molar-refractivity contribution < 1.29 is 4.74 Å². The minimum Gasteiger partial charge on any atom is -0.377 e. The maximum absolute atomic E-state index is 7.45. The van der Waals surface area contributed by atoms with Crippen molar-refractivity contribution in [2.75, 3.05) is 24.7 Å². The lowest BCUT2D eigenvalue weighted by atomic mass is 10.1. The van der Waals surface area contributed by atoms with Gasteiger partial charge in [-0.15, -0.1) is 0 Å². The monoisotopic (exact) mass is 387 g/mol. The Hall–Kier alpha value is -3.36. The number of pyridine rings is 1. The fourth-order valence-electron chi connectivity index (χ4n) is 3.67. The van der Waals surface area contributed by atoms with E-state index in [-0.39, 0.29) is 12.1 Å². The van der Waals surface area contributed by atoms with Gasteiger partial charge in [0.15, 0.2) is 11.5 Å². The van der Waals surface area contributed by atoms with Crippen LogP contribution in [0.5, 0.6) is 0 Å². The highest BCUT2D eigenvalue weighted by Crippen LogP contribution is 2.34. The Kier molecular flexibility index (Phi) is 4.42. The molecule has 3 aromatic heterocycles. The number of H-pyrrole nitrogens is 1. The van der Waals surface area contributed by atoms with E-state index in [0.29, 0.717) is 19.1 Å². The molecule has 1 saturated carbocycles. The molecule has 0 radical (unpaired) electrons. The van der Waals surface area contributed by atoms with Crippen LogP contribution in [0.25, 0.3) is 21.7 Å². The molecule has 3 aromatic rings. The molecular weight excluding hydrogens is 366 g/mol. The number of ether oxygens (including phenoxy) is 1. The van der Waals surface area contributed by atoms with Crippen molar-refractivity contribution in [3.8, 4) is 17.7 Å². The number of nitrogens with one attached hydrogen (secondary N) is 1. The molecule has 1 saturated heterocycles. The van der Waals surface area contributed by atoms with Gasteiger partial charge in [0.25, 0.3) is 6.04 Å². The highest BCUT2D eigenvalue weighted by molar-refractivity contribution is 5.85. The summed E-state index contributed by atoms with van der Waals surface area (Å²) < 4.78 is 7.33. The number of aromatic nitrogens is 5. The molecular formula is C21H21N7O. The quantitative estimate of drug-likeness (QED) is 0.552. The molecule has 2 atom stereocenters. The van der Waals surface area contributed by atoms with Crippen LogP contribution in [0.3, 0.4) is 0 Å². The molecule has 5 rings (SSSR count). The minimum atomic E-state index is -0.230. The second-order valence-electron chi connectivity index (χ2n) is 7.56. The average Bonchev–Trinajstić information content (AvgIpc) is 3.25. The first-order chi connectivity index (χ1) is 14.2. The molecule has 1 N–H and O–H groups in total. The third-order valence-electron chi connectivity index (χ3n) is 5.47. The van der Waals surface area contributed by atoms with Crippen molar-refractivity contribution in [2.24, 2.45) is 5.92 Å². The van der Waals surface area contributed by atoms with Crippen LogP contribution in [0.2, 0.25) is 0 Å². The Morgan fingerprint density at radius 2 is 2.31 bits per heavy atom. The minimum absolute atomic E-state index is 0.223. The molecule has 0 aromatic carbocycles.